The molecule has 128 valence electrons. The molecule has 1 saturated heterocycles. The lowest BCUT2D eigenvalue weighted by atomic mass is 9.84. The third-order valence-electron chi connectivity index (χ3n) is 4.52. The van der Waals surface area contributed by atoms with E-state index >= 15 is 0 Å². The van der Waals surface area contributed by atoms with E-state index in [1.54, 1.807) is 0 Å². The van der Waals surface area contributed by atoms with E-state index in [9.17, 15) is 4.79 Å². The van der Waals surface area contributed by atoms with Crippen LogP contribution >= 0.6 is 0 Å². The van der Waals surface area contributed by atoms with Crippen molar-refractivity contribution in [3.63, 3.8) is 0 Å². The number of amides is 1. The van der Waals surface area contributed by atoms with E-state index in [1.165, 1.54) is 12.8 Å². The van der Waals surface area contributed by atoms with Crippen LogP contribution in [0.1, 0.15) is 45.6 Å². The molecule has 1 unspecified atom stereocenters. The fraction of sp³-hybridized carbons (Fsp3) is 0.632. The van der Waals surface area contributed by atoms with Crippen molar-refractivity contribution in [2.45, 2.75) is 52.7 Å². The molecule has 0 radical (unpaired) electrons. The van der Waals surface area contributed by atoms with E-state index in [-0.39, 0.29) is 12.0 Å². The van der Waals surface area contributed by atoms with Crippen LogP contribution in [-0.4, -0.2) is 25.1 Å². The molecule has 4 nitrogen and oxygen atoms in total. The maximum Gasteiger partial charge on any atom is 0.224 e. The Balaban J connectivity index is 1.78. The molecule has 1 aromatic carbocycles. The minimum absolute atomic E-state index is 0.113. The molecule has 2 N–H and O–H groups in total. The first-order valence-electron chi connectivity index (χ1n) is 8.75. The summed E-state index contributed by atoms with van der Waals surface area (Å²) in [5.74, 6) is 1.22. The number of nitrogens with one attached hydrogen (secondary N) is 2. The predicted octanol–water partition coefficient (Wildman–Crippen LogP) is 3.58. The fourth-order valence-corrected chi connectivity index (χ4v) is 3.03. The lowest BCUT2D eigenvalue weighted by Gasteiger charge is -2.27. The summed E-state index contributed by atoms with van der Waals surface area (Å²) < 4.78 is 5.58. The largest absolute Gasteiger partial charge is 0.374 e. The topological polar surface area (TPSA) is 50.4 Å². The van der Waals surface area contributed by atoms with E-state index < -0.39 is 0 Å². The Hall–Kier alpha value is -1.39. The maximum atomic E-state index is 12.2. The molecule has 2 rings (SSSR count). The normalized spacial score (nSPS) is 17.2. The number of carbonyl (C=O) groups is 1. The standard InChI is InChI=1S/C19H30N2O2/c1-14(2)23-13-16-4-6-18(7-5-16)21-19(22)12-15(3)17-8-10-20-11-9-17/h4-7,14-15,17,20H,8-13H2,1-3H3,(H,21,22). The van der Waals surface area contributed by atoms with E-state index in [4.69, 9.17) is 4.74 Å². The van der Waals surface area contributed by atoms with Crippen LogP contribution in [0, 0.1) is 11.8 Å². The van der Waals surface area contributed by atoms with Gasteiger partial charge in [-0.05, 0) is 69.3 Å². The number of hydrogen-bond donors (Lipinski definition) is 2. The molecule has 1 heterocycles. The SMILES string of the molecule is CC(C)OCc1ccc(NC(=O)CC(C)C2CCNCC2)cc1. The second-order valence-electron chi connectivity index (χ2n) is 6.87. The molecular formula is C19H30N2O2. The van der Waals surface area contributed by atoms with Crippen molar-refractivity contribution in [2.75, 3.05) is 18.4 Å². The molecule has 0 bridgehead atoms. The van der Waals surface area contributed by atoms with Crippen molar-refractivity contribution in [3.05, 3.63) is 29.8 Å². The van der Waals surface area contributed by atoms with Crippen molar-refractivity contribution in [2.24, 2.45) is 11.8 Å². The molecule has 0 saturated carbocycles. The van der Waals surface area contributed by atoms with Gasteiger partial charge in [0.2, 0.25) is 5.91 Å². The highest BCUT2D eigenvalue weighted by atomic mass is 16.5. The summed E-state index contributed by atoms with van der Waals surface area (Å²) in [5.41, 5.74) is 1.99. The number of ether oxygens (including phenoxy) is 1. The van der Waals surface area contributed by atoms with Crippen LogP contribution in [0.15, 0.2) is 24.3 Å². The number of piperidine rings is 1. The van der Waals surface area contributed by atoms with Gasteiger partial charge in [-0.3, -0.25) is 4.79 Å². The number of rotatable bonds is 7. The molecule has 4 heteroatoms. The predicted molar refractivity (Wildman–Crippen MR) is 94.4 cm³/mol. The second-order valence-corrected chi connectivity index (χ2v) is 6.87. The molecule has 0 aromatic heterocycles. The summed E-state index contributed by atoms with van der Waals surface area (Å²) in [5, 5.41) is 6.38. The van der Waals surface area contributed by atoms with Crippen LogP contribution in [0.25, 0.3) is 0 Å². The Morgan fingerprint density at radius 2 is 1.87 bits per heavy atom. The van der Waals surface area contributed by atoms with Crippen molar-refractivity contribution < 1.29 is 9.53 Å². The van der Waals surface area contributed by atoms with E-state index in [2.05, 4.69) is 17.6 Å². The first kappa shape index (κ1) is 18.0. The maximum absolute atomic E-state index is 12.2. The van der Waals surface area contributed by atoms with Gasteiger partial charge in [0.15, 0.2) is 0 Å². The van der Waals surface area contributed by atoms with Crippen LogP contribution in [0.2, 0.25) is 0 Å². The fourth-order valence-electron chi connectivity index (χ4n) is 3.03. The molecule has 1 amide bonds. The van der Waals surface area contributed by atoms with Crippen LogP contribution < -0.4 is 10.6 Å². The molecule has 0 aliphatic carbocycles. The highest BCUT2D eigenvalue weighted by Gasteiger charge is 2.21. The number of anilines is 1. The van der Waals surface area contributed by atoms with Gasteiger partial charge in [0.05, 0.1) is 12.7 Å². The van der Waals surface area contributed by atoms with Gasteiger partial charge in [-0.15, -0.1) is 0 Å². The quantitative estimate of drug-likeness (QED) is 0.808. The average Bonchev–Trinajstić information content (AvgIpc) is 2.55. The molecular weight excluding hydrogens is 288 g/mol. The van der Waals surface area contributed by atoms with Gasteiger partial charge in [-0.25, -0.2) is 0 Å². The first-order valence-corrected chi connectivity index (χ1v) is 8.75. The summed E-state index contributed by atoms with van der Waals surface area (Å²) in [6.45, 7) is 9.02. The van der Waals surface area contributed by atoms with Gasteiger partial charge in [0.25, 0.3) is 0 Å². The summed E-state index contributed by atoms with van der Waals surface area (Å²) >= 11 is 0. The van der Waals surface area contributed by atoms with Crippen molar-refractivity contribution >= 4 is 11.6 Å². The van der Waals surface area contributed by atoms with Crippen molar-refractivity contribution in [1.29, 1.82) is 0 Å². The van der Waals surface area contributed by atoms with E-state index in [0.29, 0.717) is 24.9 Å². The van der Waals surface area contributed by atoms with Gasteiger partial charge >= 0.3 is 0 Å². The highest BCUT2D eigenvalue weighted by molar-refractivity contribution is 5.90. The zero-order valence-corrected chi connectivity index (χ0v) is 14.6. The minimum atomic E-state index is 0.113. The lowest BCUT2D eigenvalue weighted by Crippen LogP contribution is -2.32. The Labute approximate surface area is 140 Å². The number of benzene rings is 1. The summed E-state index contributed by atoms with van der Waals surface area (Å²) in [7, 11) is 0. The molecule has 1 aromatic rings. The van der Waals surface area contributed by atoms with Crippen molar-refractivity contribution in [3.8, 4) is 0 Å². The molecule has 23 heavy (non-hydrogen) atoms. The second kappa shape index (κ2) is 9.04. The minimum Gasteiger partial charge on any atom is -0.374 e. The third kappa shape index (κ3) is 6.32. The third-order valence-corrected chi connectivity index (χ3v) is 4.52. The Bertz CT molecular complexity index is 479. The smallest absolute Gasteiger partial charge is 0.224 e. The van der Waals surface area contributed by atoms with Crippen LogP contribution in [0.3, 0.4) is 0 Å². The number of carbonyl (C=O) groups excluding carboxylic acids is 1. The Morgan fingerprint density at radius 1 is 1.22 bits per heavy atom. The van der Waals surface area contributed by atoms with Crippen molar-refractivity contribution in [1.82, 2.24) is 5.32 Å². The van der Waals surface area contributed by atoms with Gasteiger partial charge in [0.1, 0.15) is 0 Å². The Kier molecular flexibility index (Phi) is 7.06. The van der Waals surface area contributed by atoms with Gasteiger partial charge < -0.3 is 15.4 Å². The van der Waals surface area contributed by atoms with Crippen LogP contribution in [-0.2, 0) is 16.1 Å². The van der Waals surface area contributed by atoms with E-state index in [0.717, 1.165) is 24.3 Å². The molecule has 1 fully saturated rings. The molecule has 1 aliphatic rings. The van der Waals surface area contributed by atoms with Crippen LogP contribution in [0.5, 0.6) is 0 Å². The zero-order chi connectivity index (χ0) is 16.7. The van der Waals surface area contributed by atoms with E-state index in [1.807, 2.05) is 38.1 Å². The van der Waals surface area contributed by atoms with Gasteiger partial charge in [-0.2, -0.15) is 0 Å². The summed E-state index contributed by atoms with van der Waals surface area (Å²) in [6, 6.07) is 7.92. The average molecular weight is 318 g/mol. The monoisotopic (exact) mass is 318 g/mol. The first-order chi connectivity index (χ1) is 11.0. The van der Waals surface area contributed by atoms with Crippen LogP contribution in [0.4, 0.5) is 5.69 Å². The molecule has 0 spiro atoms. The molecule has 1 aliphatic heterocycles. The lowest BCUT2D eigenvalue weighted by molar-refractivity contribution is -0.117. The number of hydrogen-bond acceptors (Lipinski definition) is 3. The molecule has 1 atom stereocenters. The zero-order valence-electron chi connectivity index (χ0n) is 14.6. The summed E-state index contributed by atoms with van der Waals surface area (Å²) in [6.07, 6.45) is 3.19. The Morgan fingerprint density at radius 3 is 2.48 bits per heavy atom. The van der Waals surface area contributed by atoms with Gasteiger partial charge in [0, 0.05) is 12.1 Å². The highest BCUT2D eigenvalue weighted by Crippen LogP contribution is 2.24. The summed E-state index contributed by atoms with van der Waals surface area (Å²) in [4.78, 5) is 12.2. The van der Waals surface area contributed by atoms with Gasteiger partial charge in [-0.1, -0.05) is 19.1 Å².